The van der Waals surface area contributed by atoms with Gasteiger partial charge in [0.25, 0.3) is 5.69 Å². The molecule has 0 fully saturated rings. The fraction of sp³-hybridized carbons (Fsp3) is 0.500. The van der Waals surface area contributed by atoms with Gasteiger partial charge in [0.05, 0.1) is 11.3 Å². The van der Waals surface area contributed by atoms with Gasteiger partial charge in [-0.15, -0.1) is 0 Å². The molecule has 0 spiro atoms. The number of nitro groups is 1. The second-order valence-corrected chi connectivity index (χ2v) is 4.48. The van der Waals surface area contributed by atoms with Gasteiger partial charge in [-0.2, -0.15) is 13.2 Å². The van der Waals surface area contributed by atoms with Gasteiger partial charge in [-0.05, 0) is 19.4 Å². The minimum absolute atomic E-state index is 0.0252. The Morgan fingerprint density at radius 2 is 2.05 bits per heavy atom. The fourth-order valence-corrected chi connectivity index (χ4v) is 1.67. The highest BCUT2D eigenvalue weighted by Crippen LogP contribution is 2.22. The van der Waals surface area contributed by atoms with Crippen molar-refractivity contribution in [2.45, 2.75) is 39.0 Å². The lowest BCUT2D eigenvalue weighted by Crippen LogP contribution is -2.30. The zero-order valence-electron chi connectivity index (χ0n) is 10.6. The largest absolute Gasteiger partial charge is 0.390 e. The molecule has 1 unspecified atom stereocenters. The van der Waals surface area contributed by atoms with E-state index < -0.39 is 23.6 Å². The SMILES string of the molecule is Cc1ccc(CNC(C)CC(F)(F)F)cc1[N+](=O)[O-]. The number of hydrogen-bond acceptors (Lipinski definition) is 3. The van der Waals surface area contributed by atoms with Crippen LogP contribution in [0.15, 0.2) is 18.2 Å². The van der Waals surface area contributed by atoms with E-state index in [0.717, 1.165) is 0 Å². The molecule has 1 atom stereocenters. The van der Waals surface area contributed by atoms with E-state index in [1.54, 1.807) is 19.1 Å². The van der Waals surface area contributed by atoms with Crippen LogP contribution in [0.3, 0.4) is 0 Å². The molecule has 0 aliphatic heterocycles. The summed E-state index contributed by atoms with van der Waals surface area (Å²) in [4.78, 5) is 10.2. The second-order valence-electron chi connectivity index (χ2n) is 4.48. The summed E-state index contributed by atoms with van der Waals surface area (Å²) in [5.74, 6) is 0. The van der Waals surface area contributed by atoms with Crippen LogP contribution >= 0.6 is 0 Å². The third kappa shape index (κ3) is 5.25. The van der Waals surface area contributed by atoms with Gasteiger partial charge in [0.2, 0.25) is 0 Å². The molecule has 7 heteroatoms. The summed E-state index contributed by atoms with van der Waals surface area (Å²) < 4.78 is 36.4. The van der Waals surface area contributed by atoms with E-state index >= 15 is 0 Å². The van der Waals surface area contributed by atoms with Crippen molar-refractivity contribution in [3.8, 4) is 0 Å². The van der Waals surface area contributed by atoms with E-state index in [9.17, 15) is 23.3 Å². The third-order valence-corrected chi connectivity index (χ3v) is 2.66. The minimum atomic E-state index is -4.22. The number of aryl methyl sites for hydroxylation is 1. The van der Waals surface area contributed by atoms with Gasteiger partial charge in [0, 0.05) is 24.2 Å². The van der Waals surface area contributed by atoms with Crippen LogP contribution in [-0.4, -0.2) is 17.1 Å². The summed E-state index contributed by atoms with van der Waals surface area (Å²) in [5, 5.41) is 13.4. The average molecular weight is 276 g/mol. The van der Waals surface area contributed by atoms with Crippen molar-refractivity contribution in [2.24, 2.45) is 0 Å². The van der Waals surface area contributed by atoms with Crippen LogP contribution in [-0.2, 0) is 6.54 Å². The molecule has 0 bridgehead atoms. The van der Waals surface area contributed by atoms with Crippen LogP contribution in [0, 0.1) is 17.0 Å². The van der Waals surface area contributed by atoms with Crippen molar-refractivity contribution in [1.29, 1.82) is 0 Å². The Morgan fingerprint density at radius 3 is 2.58 bits per heavy atom. The lowest BCUT2D eigenvalue weighted by Gasteiger charge is -2.15. The molecule has 0 heterocycles. The number of nitrogens with zero attached hydrogens (tertiary/aromatic N) is 1. The molecule has 1 aromatic carbocycles. The Balaban J connectivity index is 2.63. The monoisotopic (exact) mass is 276 g/mol. The molecule has 0 radical (unpaired) electrons. The molecule has 106 valence electrons. The van der Waals surface area contributed by atoms with Gasteiger partial charge in [0.15, 0.2) is 0 Å². The maximum Gasteiger partial charge on any atom is 0.390 e. The van der Waals surface area contributed by atoms with Crippen molar-refractivity contribution < 1.29 is 18.1 Å². The first-order valence-corrected chi connectivity index (χ1v) is 5.73. The molecule has 0 amide bonds. The van der Waals surface area contributed by atoms with E-state index in [2.05, 4.69) is 5.32 Å². The van der Waals surface area contributed by atoms with Crippen LogP contribution in [0.5, 0.6) is 0 Å². The lowest BCUT2D eigenvalue weighted by molar-refractivity contribution is -0.385. The van der Waals surface area contributed by atoms with E-state index in [-0.39, 0.29) is 12.2 Å². The van der Waals surface area contributed by atoms with Gasteiger partial charge in [-0.1, -0.05) is 12.1 Å². The van der Waals surface area contributed by atoms with Gasteiger partial charge in [-0.3, -0.25) is 10.1 Å². The van der Waals surface area contributed by atoms with Gasteiger partial charge in [0.1, 0.15) is 0 Å². The average Bonchev–Trinajstić information content (AvgIpc) is 2.25. The molecule has 1 N–H and O–H groups in total. The molecule has 19 heavy (non-hydrogen) atoms. The fourth-order valence-electron chi connectivity index (χ4n) is 1.67. The highest BCUT2D eigenvalue weighted by Gasteiger charge is 2.29. The summed E-state index contributed by atoms with van der Waals surface area (Å²) in [6.45, 7) is 3.20. The van der Waals surface area contributed by atoms with Gasteiger partial charge in [-0.25, -0.2) is 0 Å². The molecule has 4 nitrogen and oxygen atoms in total. The number of halogens is 3. The second kappa shape index (κ2) is 6.01. The van der Waals surface area contributed by atoms with E-state index in [1.165, 1.54) is 13.0 Å². The molecule has 0 aromatic heterocycles. The molecule has 0 saturated heterocycles. The number of rotatable bonds is 5. The minimum Gasteiger partial charge on any atom is -0.310 e. The van der Waals surface area contributed by atoms with E-state index in [4.69, 9.17) is 0 Å². The molecule has 0 aliphatic carbocycles. The number of benzene rings is 1. The Morgan fingerprint density at radius 1 is 1.42 bits per heavy atom. The maximum absolute atomic E-state index is 12.1. The number of hydrogen-bond donors (Lipinski definition) is 1. The van der Waals surface area contributed by atoms with Crippen molar-refractivity contribution in [3.05, 3.63) is 39.4 Å². The van der Waals surface area contributed by atoms with Crippen molar-refractivity contribution in [1.82, 2.24) is 5.32 Å². The molecule has 0 saturated carbocycles. The van der Waals surface area contributed by atoms with Crippen LogP contribution in [0.4, 0.5) is 18.9 Å². The Kier molecular flexibility index (Phi) is 4.88. The Bertz CT molecular complexity index is 461. The first-order valence-electron chi connectivity index (χ1n) is 5.73. The molecule has 1 rings (SSSR count). The smallest absolute Gasteiger partial charge is 0.310 e. The predicted octanol–water partition coefficient (Wildman–Crippen LogP) is 3.33. The maximum atomic E-state index is 12.1. The Hall–Kier alpha value is -1.63. The van der Waals surface area contributed by atoms with Crippen LogP contribution in [0.25, 0.3) is 0 Å². The quantitative estimate of drug-likeness (QED) is 0.663. The predicted molar refractivity (Wildman–Crippen MR) is 64.8 cm³/mol. The summed E-state index contributed by atoms with van der Waals surface area (Å²) in [7, 11) is 0. The topological polar surface area (TPSA) is 55.2 Å². The highest BCUT2D eigenvalue weighted by atomic mass is 19.4. The van der Waals surface area contributed by atoms with Crippen molar-refractivity contribution in [2.75, 3.05) is 0 Å². The zero-order chi connectivity index (χ0) is 14.6. The van der Waals surface area contributed by atoms with Crippen LogP contribution in [0.1, 0.15) is 24.5 Å². The molecular weight excluding hydrogens is 261 g/mol. The van der Waals surface area contributed by atoms with Crippen LogP contribution < -0.4 is 5.32 Å². The summed E-state index contributed by atoms with van der Waals surface area (Å²) >= 11 is 0. The first kappa shape index (κ1) is 15.4. The van der Waals surface area contributed by atoms with Gasteiger partial charge >= 0.3 is 6.18 Å². The van der Waals surface area contributed by atoms with Crippen molar-refractivity contribution in [3.63, 3.8) is 0 Å². The third-order valence-electron chi connectivity index (χ3n) is 2.66. The number of nitro benzene ring substituents is 1. The highest BCUT2D eigenvalue weighted by molar-refractivity contribution is 5.42. The normalized spacial score (nSPS) is 13.3. The number of nitrogens with one attached hydrogen (secondary N) is 1. The first-order chi connectivity index (χ1) is 8.69. The van der Waals surface area contributed by atoms with E-state index in [0.29, 0.717) is 11.1 Å². The zero-order valence-corrected chi connectivity index (χ0v) is 10.6. The number of alkyl halides is 3. The standard InChI is InChI=1S/C12H15F3N2O2/c1-8-3-4-10(5-11(8)17(18)19)7-16-9(2)6-12(13,14)15/h3-5,9,16H,6-7H2,1-2H3. The van der Waals surface area contributed by atoms with Gasteiger partial charge < -0.3 is 5.32 Å². The molecular formula is C12H15F3N2O2. The van der Waals surface area contributed by atoms with Crippen LogP contribution in [0.2, 0.25) is 0 Å². The van der Waals surface area contributed by atoms with Crippen molar-refractivity contribution >= 4 is 5.69 Å². The Labute approximate surface area is 108 Å². The molecule has 1 aromatic rings. The molecule has 0 aliphatic rings. The van der Waals surface area contributed by atoms with E-state index in [1.807, 2.05) is 0 Å². The summed E-state index contributed by atoms with van der Waals surface area (Å²) in [6.07, 6.45) is -5.15. The lowest BCUT2D eigenvalue weighted by atomic mass is 10.1. The summed E-state index contributed by atoms with van der Waals surface area (Å²) in [5.41, 5.74) is 1.09. The summed E-state index contributed by atoms with van der Waals surface area (Å²) in [6, 6.07) is 3.89.